The lowest BCUT2D eigenvalue weighted by atomic mass is 9.82. The maximum Gasteiger partial charge on any atom is 0.164 e. The van der Waals surface area contributed by atoms with E-state index in [9.17, 15) is 0 Å². The fraction of sp³-hybridized carbons (Fsp3) is 0.0676. The van der Waals surface area contributed by atoms with Crippen molar-refractivity contribution in [2.45, 2.75) is 33.1 Å². The van der Waals surface area contributed by atoms with Gasteiger partial charge in [-0.25, -0.2) is 15.0 Å². The summed E-state index contributed by atoms with van der Waals surface area (Å²) in [6.45, 7) is 9.18. The predicted molar refractivity (Wildman–Crippen MR) is 328 cm³/mol. The summed E-state index contributed by atoms with van der Waals surface area (Å²) in [6, 6.07) is 87.6. The molecule has 374 valence electrons. The molecule has 3 heterocycles. The van der Waals surface area contributed by atoms with Gasteiger partial charge in [0.1, 0.15) is 11.2 Å². The van der Waals surface area contributed by atoms with E-state index in [0.717, 1.165) is 105 Å². The van der Waals surface area contributed by atoms with Crippen LogP contribution in [0.4, 0.5) is 0 Å². The van der Waals surface area contributed by atoms with E-state index < -0.39 is 0 Å². The molecule has 0 unspecified atom stereocenters. The number of rotatable bonds is 6. The number of hydrogen-bond donors (Lipinski definition) is 0. The van der Waals surface area contributed by atoms with Crippen molar-refractivity contribution in [3.63, 3.8) is 0 Å². The van der Waals surface area contributed by atoms with E-state index in [1.165, 1.54) is 38.8 Å². The summed E-state index contributed by atoms with van der Waals surface area (Å²) in [5, 5.41) is 9.08. The average Bonchev–Trinajstić information content (AvgIpc) is 4.26. The summed E-state index contributed by atoms with van der Waals surface area (Å²) in [6.07, 6.45) is 0. The van der Waals surface area contributed by atoms with Crippen molar-refractivity contribution in [2.24, 2.45) is 0 Å². The molecule has 0 amide bonds. The lowest BCUT2D eigenvalue weighted by molar-refractivity contribution is 0.660. The van der Waals surface area contributed by atoms with Crippen molar-refractivity contribution in [1.82, 2.24) is 19.5 Å². The second-order valence-electron chi connectivity index (χ2n) is 21.6. The average molecular weight is 1010 g/mol. The van der Waals surface area contributed by atoms with Gasteiger partial charge < -0.3 is 8.98 Å². The Labute approximate surface area is 458 Å². The van der Waals surface area contributed by atoms with Crippen LogP contribution in [0.15, 0.2) is 247 Å². The van der Waals surface area contributed by atoms with Crippen LogP contribution >= 0.6 is 0 Å². The van der Waals surface area contributed by atoms with Crippen molar-refractivity contribution < 1.29 is 4.42 Å². The molecular weight excluding hydrogens is 961 g/mol. The number of nitrogens with zero attached hydrogens (tertiary/aromatic N) is 4. The summed E-state index contributed by atoms with van der Waals surface area (Å²) >= 11 is 0. The van der Waals surface area contributed by atoms with E-state index in [1.807, 2.05) is 42.5 Å². The van der Waals surface area contributed by atoms with Crippen molar-refractivity contribution in [2.75, 3.05) is 0 Å². The Morgan fingerprint density at radius 2 is 0.785 bits per heavy atom. The third-order valence-corrected chi connectivity index (χ3v) is 16.5. The molecule has 0 bridgehead atoms. The van der Waals surface area contributed by atoms with Crippen molar-refractivity contribution in [3.05, 3.63) is 265 Å². The molecule has 14 aromatic rings. The Balaban J connectivity index is 1.06. The second kappa shape index (κ2) is 18.1. The minimum Gasteiger partial charge on any atom is -0.455 e. The number of fused-ring (bicyclic) bond motifs is 13. The van der Waals surface area contributed by atoms with Crippen LogP contribution in [-0.4, -0.2) is 19.5 Å². The van der Waals surface area contributed by atoms with E-state index in [4.69, 9.17) is 19.4 Å². The fourth-order valence-electron chi connectivity index (χ4n) is 12.8. The molecule has 0 saturated carbocycles. The zero-order valence-electron chi connectivity index (χ0n) is 44.3. The molecule has 79 heavy (non-hydrogen) atoms. The minimum atomic E-state index is -0.135. The lowest BCUT2D eigenvalue weighted by Gasteiger charge is -2.22. The largest absolute Gasteiger partial charge is 0.455 e. The van der Waals surface area contributed by atoms with Gasteiger partial charge in [0.2, 0.25) is 0 Å². The first kappa shape index (κ1) is 46.3. The lowest BCUT2D eigenvalue weighted by Crippen LogP contribution is -2.14. The first-order chi connectivity index (χ1) is 38.8. The molecule has 15 rings (SSSR count). The van der Waals surface area contributed by atoms with E-state index in [1.54, 1.807) is 0 Å². The molecule has 0 saturated heterocycles. The third-order valence-electron chi connectivity index (χ3n) is 16.5. The second-order valence-corrected chi connectivity index (χ2v) is 21.6. The van der Waals surface area contributed by atoms with Gasteiger partial charge in [0.25, 0.3) is 0 Å². The van der Waals surface area contributed by atoms with Gasteiger partial charge in [-0.2, -0.15) is 0 Å². The maximum absolute atomic E-state index is 6.73. The van der Waals surface area contributed by atoms with Crippen LogP contribution in [0.5, 0.6) is 0 Å². The van der Waals surface area contributed by atoms with Crippen LogP contribution in [0.25, 0.3) is 139 Å². The van der Waals surface area contributed by atoms with Gasteiger partial charge in [-0.1, -0.05) is 214 Å². The van der Waals surface area contributed by atoms with Gasteiger partial charge >= 0.3 is 0 Å². The van der Waals surface area contributed by atoms with Gasteiger partial charge in [-0.3, -0.25) is 0 Å². The molecule has 0 N–H and O–H groups in total. The molecule has 5 heteroatoms. The first-order valence-corrected chi connectivity index (χ1v) is 27.2. The van der Waals surface area contributed by atoms with Crippen molar-refractivity contribution in [1.29, 1.82) is 0 Å². The molecule has 11 aromatic carbocycles. The smallest absolute Gasteiger partial charge is 0.164 e. The molecule has 0 fully saturated rings. The highest BCUT2D eigenvalue weighted by atomic mass is 16.3. The van der Waals surface area contributed by atoms with Crippen LogP contribution in [0.1, 0.15) is 36.1 Å². The summed E-state index contributed by atoms with van der Waals surface area (Å²) < 4.78 is 9.25. The van der Waals surface area contributed by atoms with Crippen LogP contribution in [0, 0.1) is 13.8 Å². The first-order valence-electron chi connectivity index (χ1n) is 27.2. The van der Waals surface area contributed by atoms with Crippen LogP contribution < -0.4 is 0 Å². The molecule has 0 atom stereocenters. The molecule has 1 aliphatic rings. The molecule has 5 nitrogen and oxygen atoms in total. The summed E-state index contributed by atoms with van der Waals surface area (Å²) in [4.78, 5) is 15.4. The molecule has 1 aliphatic carbocycles. The minimum absolute atomic E-state index is 0.135. The Morgan fingerprint density at radius 1 is 0.342 bits per heavy atom. The summed E-state index contributed by atoms with van der Waals surface area (Å²) in [7, 11) is 0. The zero-order valence-corrected chi connectivity index (χ0v) is 44.3. The van der Waals surface area contributed by atoms with Gasteiger partial charge in [0.15, 0.2) is 17.5 Å². The standard InChI is InChI=1S/C74H52N4O/c1-45-41-51(73-76-71(47-21-7-5-8-22-47)75-72(77-73)48-23-9-6-10-24-48)42-46(2)69(45)78-65-39-37-49(52-31-20-35-64-68(52)60-30-15-17-34-63(60)74(64,3)4)43-61(65)56-27-13-11-25-54(56)55-26-12-14-28-57(55)62-44-50(38-40-66(62)78)53-32-19-33-59-58-29-16-18-36-67(58)79-70(53)59/h5-44H,1-4H3. The highest BCUT2D eigenvalue weighted by molar-refractivity contribution is 6.21. The van der Waals surface area contributed by atoms with Gasteiger partial charge in [0, 0.05) is 49.2 Å². The predicted octanol–water partition coefficient (Wildman–Crippen LogP) is 19.6. The maximum atomic E-state index is 6.73. The van der Waals surface area contributed by atoms with E-state index >= 15 is 0 Å². The summed E-state index contributed by atoms with van der Waals surface area (Å²) in [5.41, 5.74) is 19.6. The number of aromatic nitrogens is 4. The van der Waals surface area contributed by atoms with Gasteiger partial charge in [0.05, 0.1) is 16.7 Å². The number of benzene rings is 11. The molecule has 0 aliphatic heterocycles. The zero-order chi connectivity index (χ0) is 52.9. The Kier molecular flexibility index (Phi) is 10.6. The fourth-order valence-corrected chi connectivity index (χ4v) is 12.8. The van der Waals surface area contributed by atoms with Gasteiger partial charge in [-0.15, -0.1) is 0 Å². The number of furan rings is 1. The Bertz CT molecular complexity index is 4810. The van der Waals surface area contributed by atoms with Crippen LogP contribution in [0.3, 0.4) is 0 Å². The van der Waals surface area contributed by atoms with Crippen LogP contribution in [0.2, 0.25) is 0 Å². The van der Waals surface area contributed by atoms with Crippen LogP contribution in [-0.2, 0) is 5.41 Å². The monoisotopic (exact) mass is 1010 g/mol. The number of para-hydroxylation sites is 2. The van der Waals surface area contributed by atoms with Crippen molar-refractivity contribution in [3.8, 4) is 73.2 Å². The summed E-state index contributed by atoms with van der Waals surface area (Å²) in [5.74, 6) is 1.88. The SMILES string of the molecule is Cc1cc(-c2nc(-c3ccccc3)nc(-c3ccccc3)n2)cc(C)c1-n1c2ccc(-c3cccc4c3-c3ccccc3C4(C)C)cc2c2ccccc2c2ccccc2c2cc(-c3cccc4c3oc3ccccc34)ccc21. The Hall–Kier alpha value is -9.97. The Morgan fingerprint density at radius 3 is 1.39 bits per heavy atom. The normalized spacial score (nSPS) is 12.7. The number of aryl methyl sites for hydroxylation is 2. The molecule has 3 aromatic heterocycles. The molecule has 0 spiro atoms. The van der Waals surface area contributed by atoms with Crippen molar-refractivity contribution >= 4 is 65.3 Å². The van der Waals surface area contributed by atoms with Gasteiger partial charge in [-0.05, 0) is 128 Å². The molecule has 0 radical (unpaired) electrons. The number of hydrogen-bond acceptors (Lipinski definition) is 4. The van der Waals surface area contributed by atoms with E-state index in [2.05, 4.69) is 232 Å². The van der Waals surface area contributed by atoms with E-state index in [-0.39, 0.29) is 5.41 Å². The highest BCUT2D eigenvalue weighted by Crippen LogP contribution is 2.52. The highest BCUT2D eigenvalue weighted by Gasteiger charge is 2.36. The topological polar surface area (TPSA) is 56.7 Å². The molecular formula is C74H52N4O. The van der Waals surface area contributed by atoms with E-state index in [0.29, 0.717) is 17.5 Å². The quantitative estimate of drug-likeness (QED) is 0.167. The third kappa shape index (κ3) is 7.41.